The van der Waals surface area contributed by atoms with Gasteiger partial charge in [0, 0.05) is 17.7 Å². The number of aromatic nitrogens is 4. The maximum absolute atomic E-state index is 12.7. The van der Waals surface area contributed by atoms with E-state index < -0.39 is 12.0 Å². The molecule has 0 saturated carbocycles. The molecule has 0 aliphatic heterocycles. The molecule has 2 N–H and O–H groups in total. The molecule has 0 radical (unpaired) electrons. The number of carbonyl (C=O) groups excluding carboxylic acids is 1. The summed E-state index contributed by atoms with van der Waals surface area (Å²) >= 11 is 0. The van der Waals surface area contributed by atoms with Crippen LogP contribution in [0.3, 0.4) is 0 Å². The summed E-state index contributed by atoms with van der Waals surface area (Å²) in [7, 11) is 0. The van der Waals surface area contributed by atoms with E-state index in [-0.39, 0.29) is 35.9 Å². The molecule has 2 heterocycles. The Morgan fingerprint density at radius 3 is 2.39 bits per heavy atom. The third-order valence-corrected chi connectivity index (χ3v) is 4.43. The molecule has 0 amide bonds. The number of halogens is 3. The quantitative estimate of drug-likeness (QED) is 0.532. The number of ether oxygens (including phenoxy) is 1. The fourth-order valence-corrected chi connectivity index (χ4v) is 2.81. The number of nitrogens with zero attached hydrogens (tertiary/aromatic N) is 3. The smallest absolute Gasteiger partial charge is 0.406 e. The lowest BCUT2D eigenvalue weighted by Gasteiger charge is -2.16. The van der Waals surface area contributed by atoms with E-state index in [9.17, 15) is 23.1 Å². The zero-order chi connectivity index (χ0) is 22.8. The number of Topliss-reactive ketones (excluding diaryl/α,β-unsaturated/α-hetero) is 1. The van der Waals surface area contributed by atoms with Crippen molar-refractivity contribution in [3.8, 4) is 28.4 Å². The van der Waals surface area contributed by atoms with E-state index >= 15 is 0 Å². The van der Waals surface area contributed by atoms with Crippen LogP contribution >= 0.6 is 0 Å². The highest BCUT2D eigenvalue weighted by Crippen LogP contribution is 2.28. The van der Waals surface area contributed by atoms with Gasteiger partial charge in [-0.25, -0.2) is 9.97 Å². The van der Waals surface area contributed by atoms with Crippen molar-refractivity contribution in [1.29, 1.82) is 0 Å². The van der Waals surface area contributed by atoms with Crippen LogP contribution in [0.1, 0.15) is 42.9 Å². The second kappa shape index (κ2) is 8.46. The van der Waals surface area contributed by atoms with Gasteiger partial charge in [-0.05, 0) is 57.5 Å². The molecule has 0 atom stereocenters. The summed E-state index contributed by atoms with van der Waals surface area (Å²) in [6, 6.07) is 6.65. The second-order valence-corrected chi connectivity index (χ2v) is 7.68. The van der Waals surface area contributed by atoms with Gasteiger partial charge in [0.25, 0.3) is 0 Å². The first kappa shape index (κ1) is 22.4. The SMILES string of the molecule is Cc1[nH]ncc1-c1nc(C(=O)CCC(C)(C)O)cc(-c2ccc(OC(F)(F)F)cc2)n1. The highest BCUT2D eigenvalue weighted by atomic mass is 19.4. The minimum absolute atomic E-state index is 0.0716. The largest absolute Gasteiger partial charge is 0.573 e. The van der Waals surface area contributed by atoms with Gasteiger partial charge in [-0.3, -0.25) is 9.89 Å². The Morgan fingerprint density at radius 1 is 1.16 bits per heavy atom. The number of aryl methyl sites for hydroxylation is 1. The number of hydrogen-bond donors (Lipinski definition) is 2. The van der Waals surface area contributed by atoms with Crippen molar-refractivity contribution in [2.75, 3.05) is 0 Å². The van der Waals surface area contributed by atoms with Gasteiger partial charge in [-0.15, -0.1) is 13.2 Å². The predicted molar refractivity (Wildman–Crippen MR) is 106 cm³/mol. The molecular weight excluding hydrogens is 413 g/mol. The highest BCUT2D eigenvalue weighted by Gasteiger charge is 2.31. The van der Waals surface area contributed by atoms with Crippen LogP contribution in [0.2, 0.25) is 0 Å². The third kappa shape index (κ3) is 6.11. The van der Waals surface area contributed by atoms with Gasteiger partial charge in [0.15, 0.2) is 11.6 Å². The van der Waals surface area contributed by atoms with Crippen molar-refractivity contribution < 1.29 is 27.8 Å². The third-order valence-electron chi connectivity index (χ3n) is 4.43. The molecule has 3 aromatic rings. The van der Waals surface area contributed by atoms with Crippen LogP contribution in [0.4, 0.5) is 13.2 Å². The normalized spacial score (nSPS) is 12.1. The summed E-state index contributed by atoms with van der Waals surface area (Å²) in [5.41, 5.74) is 1.26. The number of alkyl halides is 3. The molecule has 0 spiro atoms. The zero-order valence-electron chi connectivity index (χ0n) is 17.1. The van der Waals surface area contributed by atoms with Gasteiger partial charge in [0.05, 0.1) is 23.1 Å². The van der Waals surface area contributed by atoms with Crippen molar-refractivity contribution in [3.63, 3.8) is 0 Å². The summed E-state index contributed by atoms with van der Waals surface area (Å²) in [5, 5.41) is 16.6. The maximum atomic E-state index is 12.7. The fourth-order valence-electron chi connectivity index (χ4n) is 2.81. The van der Waals surface area contributed by atoms with Crippen LogP contribution in [-0.4, -0.2) is 43.0 Å². The Kier molecular flexibility index (Phi) is 6.12. The minimum Gasteiger partial charge on any atom is -0.406 e. The molecule has 0 fully saturated rings. The number of aromatic amines is 1. The van der Waals surface area contributed by atoms with Gasteiger partial charge >= 0.3 is 6.36 Å². The first-order valence-corrected chi connectivity index (χ1v) is 9.42. The van der Waals surface area contributed by atoms with Crippen molar-refractivity contribution in [1.82, 2.24) is 20.2 Å². The van der Waals surface area contributed by atoms with Crippen LogP contribution in [0.25, 0.3) is 22.6 Å². The number of nitrogens with one attached hydrogen (secondary N) is 1. The maximum Gasteiger partial charge on any atom is 0.573 e. The van der Waals surface area contributed by atoms with Crippen LogP contribution in [0.15, 0.2) is 36.5 Å². The standard InChI is InChI=1S/C21H21F3N4O3/c1-12-15(11-25-28-12)19-26-16(10-17(27-19)18(29)8-9-20(2,3)30)13-4-6-14(7-5-13)31-21(22,23)24/h4-7,10-11,30H,8-9H2,1-3H3,(H,25,28). The molecular formula is C21H21F3N4O3. The van der Waals surface area contributed by atoms with E-state index in [0.29, 0.717) is 22.5 Å². The van der Waals surface area contributed by atoms with Crippen molar-refractivity contribution in [3.05, 3.63) is 47.9 Å². The molecule has 10 heteroatoms. The van der Waals surface area contributed by atoms with Crippen molar-refractivity contribution in [2.24, 2.45) is 0 Å². The number of rotatable bonds is 7. The lowest BCUT2D eigenvalue weighted by Crippen LogP contribution is -2.20. The molecule has 0 aliphatic rings. The summed E-state index contributed by atoms with van der Waals surface area (Å²) < 4.78 is 41.1. The molecule has 1 aromatic carbocycles. The topological polar surface area (TPSA) is 101 Å². The Bertz CT molecular complexity index is 1070. The molecule has 2 aromatic heterocycles. The molecule has 0 aliphatic carbocycles. The first-order valence-electron chi connectivity index (χ1n) is 9.42. The van der Waals surface area contributed by atoms with Gasteiger partial charge in [0.2, 0.25) is 0 Å². The van der Waals surface area contributed by atoms with Crippen LogP contribution in [-0.2, 0) is 0 Å². The average molecular weight is 434 g/mol. The van der Waals surface area contributed by atoms with E-state index in [1.54, 1.807) is 20.8 Å². The molecule has 0 bridgehead atoms. The number of carbonyl (C=O) groups is 1. The molecule has 164 valence electrons. The van der Waals surface area contributed by atoms with E-state index in [2.05, 4.69) is 24.9 Å². The van der Waals surface area contributed by atoms with E-state index in [4.69, 9.17) is 0 Å². The molecule has 0 saturated heterocycles. The second-order valence-electron chi connectivity index (χ2n) is 7.68. The van der Waals surface area contributed by atoms with Gasteiger partial charge in [0.1, 0.15) is 11.4 Å². The van der Waals surface area contributed by atoms with Crippen LogP contribution in [0, 0.1) is 6.92 Å². The van der Waals surface area contributed by atoms with Gasteiger partial charge in [-0.1, -0.05) is 0 Å². The number of benzene rings is 1. The Morgan fingerprint density at radius 2 is 1.84 bits per heavy atom. The summed E-state index contributed by atoms with van der Waals surface area (Å²) in [5.74, 6) is -0.395. The van der Waals surface area contributed by atoms with Crippen molar-refractivity contribution >= 4 is 5.78 Å². The van der Waals surface area contributed by atoms with Crippen molar-refractivity contribution in [2.45, 2.75) is 45.6 Å². The summed E-state index contributed by atoms with van der Waals surface area (Å²) in [4.78, 5) is 21.5. The van der Waals surface area contributed by atoms with Gasteiger partial charge < -0.3 is 9.84 Å². The zero-order valence-corrected chi connectivity index (χ0v) is 17.1. The van der Waals surface area contributed by atoms with Crippen LogP contribution in [0.5, 0.6) is 5.75 Å². The lowest BCUT2D eigenvalue weighted by atomic mass is 9.99. The monoisotopic (exact) mass is 434 g/mol. The lowest BCUT2D eigenvalue weighted by molar-refractivity contribution is -0.274. The molecule has 0 unspecified atom stereocenters. The Balaban J connectivity index is 1.99. The summed E-state index contributed by atoms with van der Waals surface area (Å²) in [6.45, 7) is 4.99. The number of ketones is 1. The number of hydrogen-bond acceptors (Lipinski definition) is 6. The van der Waals surface area contributed by atoms with E-state index in [1.165, 1.54) is 36.5 Å². The minimum atomic E-state index is -4.79. The van der Waals surface area contributed by atoms with E-state index in [0.717, 1.165) is 0 Å². The van der Waals surface area contributed by atoms with Crippen LogP contribution < -0.4 is 4.74 Å². The predicted octanol–water partition coefficient (Wildman–Crippen LogP) is 4.47. The molecule has 31 heavy (non-hydrogen) atoms. The first-order chi connectivity index (χ1) is 14.4. The molecule has 3 rings (SSSR count). The average Bonchev–Trinajstić information content (AvgIpc) is 3.10. The Labute approximate surface area is 176 Å². The van der Waals surface area contributed by atoms with E-state index in [1.807, 2.05) is 0 Å². The number of aliphatic hydroxyl groups is 1. The molecule has 7 nitrogen and oxygen atoms in total. The van der Waals surface area contributed by atoms with Gasteiger partial charge in [-0.2, -0.15) is 5.10 Å². The fraction of sp³-hybridized carbons (Fsp3) is 0.333. The summed E-state index contributed by atoms with van der Waals surface area (Å²) in [6.07, 6.45) is -2.95. The number of H-pyrrole nitrogens is 1. The highest BCUT2D eigenvalue weighted by molar-refractivity contribution is 5.95. The Hall–Kier alpha value is -3.27.